The Morgan fingerprint density at radius 1 is 1.21 bits per heavy atom. The van der Waals surface area contributed by atoms with Gasteiger partial charge in [-0.2, -0.15) is 0 Å². The second-order valence-electron chi connectivity index (χ2n) is 5.27. The van der Waals surface area contributed by atoms with E-state index in [1.807, 2.05) is 21.0 Å². The van der Waals surface area contributed by atoms with Crippen molar-refractivity contribution in [2.24, 2.45) is 5.92 Å². The number of aliphatic carboxylic acids is 1. The van der Waals surface area contributed by atoms with Gasteiger partial charge in [0.25, 0.3) is 0 Å². The average molecular weight is 273 g/mol. The summed E-state index contributed by atoms with van der Waals surface area (Å²) in [6.45, 7) is 5.07. The van der Waals surface area contributed by atoms with Gasteiger partial charge >= 0.3 is 12.0 Å². The van der Waals surface area contributed by atoms with Gasteiger partial charge in [-0.25, -0.2) is 4.79 Å². The molecule has 0 aliphatic rings. The maximum atomic E-state index is 11.5. The maximum Gasteiger partial charge on any atom is 0.314 e. The van der Waals surface area contributed by atoms with E-state index in [9.17, 15) is 9.59 Å². The van der Waals surface area contributed by atoms with Crippen molar-refractivity contribution in [1.29, 1.82) is 0 Å². The van der Waals surface area contributed by atoms with E-state index >= 15 is 0 Å². The van der Waals surface area contributed by atoms with Crippen LogP contribution in [0.1, 0.15) is 33.1 Å². The van der Waals surface area contributed by atoms with Crippen molar-refractivity contribution in [3.05, 3.63) is 0 Å². The number of nitrogens with zero attached hydrogens (tertiary/aromatic N) is 1. The highest BCUT2D eigenvalue weighted by Gasteiger charge is 2.10. The molecular weight excluding hydrogens is 246 g/mol. The summed E-state index contributed by atoms with van der Waals surface area (Å²) in [4.78, 5) is 24.2. The third-order valence-electron chi connectivity index (χ3n) is 2.91. The second kappa shape index (κ2) is 9.61. The first-order valence-electron chi connectivity index (χ1n) is 6.74. The number of amides is 2. The Kier molecular flexibility index (Phi) is 8.95. The van der Waals surface area contributed by atoms with Crippen molar-refractivity contribution >= 4 is 12.0 Å². The third kappa shape index (κ3) is 10.3. The van der Waals surface area contributed by atoms with Gasteiger partial charge in [0.1, 0.15) is 0 Å². The van der Waals surface area contributed by atoms with Gasteiger partial charge in [0, 0.05) is 12.6 Å². The molecule has 0 spiro atoms. The van der Waals surface area contributed by atoms with E-state index in [-0.39, 0.29) is 18.0 Å². The highest BCUT2D eigenvalue weighted by Crippen LogP contribution is 2.04. The SMILES string of the molecule is CC(CCN(C)C)NC(=O)NCCCC(C)C(=O)O. The van der Waals surface area contributed by atoms with Crippen molar-refractivity contribution in [1.82, 2.24) is 15.5 Å². The van der Waals surface area contributed by atoms with E-state index in [0.717, 1.165) is 13.0 Å². The molecule has 0 aliphatic heterocycles. The molecule has 0 fully saturated rings. The number of carbonyl (C=O) groups is 2. The standard InChI is InChI=1S/C13H27N3O3/c1-10(12(17)18)6-5-8-14-13(19)15-11(2)7-9-16(3)4/h10-11H,5-9H2,1-4H3,(H,17,18)(H2,14,15,19). The fourth-order valence-electron chi connectivity index (χ4n) is 1.53. The molecule has 6 nitrogen and oxygen atoms in total. The highest BCUT2D eigenvalue weighted by atomic mass is 16.4. The lowest BCUT2D eigenvalue weighted by Gasteiger charge is -2.17. The minimum Gasteiger partial charge on any atom is -0.481 e. The van der Waals surface area contributed by atoms with Gasteiger partial charge in [0.2, 0.25) is 0 Å². The van der Waals surface area contributed by atoms with Crippen molar-refractivity contribution in [2.45, 2.75) is 39.2 Å². The molecule has 0 bridgehead atoms. The zero-order chi connectivity index (χ0) is 14.8. The molecule has 19 heavy (non-hydrogen) atoms. The van der Waals surface area contributed by atoms with E-state index in [0.29, 0.717) is 19.4 Å². The van der Waals surface area contributed by atoms with Gasteiger partial charge < -0.3 is 20.6 Å². The number of carboxylic acids is 1. The first kappa shape index (κ1) is 17.7. The van der Waals surface area contributed by atoms with Crippen LogP contribution in [0.4, 0.5) is 4.79 Å². The normalized spacial score (nSPS) is 13.9. The molecule has 0 aliphatic carbocycles. The van der Waals surface area contributed by atoms with Crippen molar-refractivity contribution in [2.75, 3.05) is 27.2 Å². The van der Waals surface area contributed by atoms with Crippen LogP contribution in [0.2, 0.25) is 0 Å². The van der Waals surface area contributed by atoms with E-state index in [4.69, 9.17) is 5.11 Å². The molecule has 6 heteroatoms. The minimum absolute atomic E-state index is 0.125. The summed E-state index contributed by atoms with van der Waals surface area (Å²) in [5.74, 6) is -1.15. The van der Waals surface area contributed by atoms with Gasteiger partial charge in [-0.3, -0.25) is 4.79 Å². The number of nitrogens with one attached hydrogen (secondary N) is 2. The van der Waals surface area contributed by atoms with Crippen LogP contribution in [0.5, 0.6) is 0 Å². The molecule has 2 unspecified atom stereocenters. The first-order valence-corrected chi connectivity index (χ1v) is 6.74. The van der Waals surface area contributed by atoms with Gasteiger partial charge in [-0.15, -0.1) is 0 Å². The molecular formula is C13H27N3O3. The monoisotopic (exact) mass is 273 g/mol. The molecule has 3 N–H and O–H groups in total. The van der Waals surface area contributed by atoms with Crippen LogP contribution in [0.15, 0.2) is 0 Å². The van der Waals surface area contributed by atoms with Crippen molar-refractivity contribution in [3.63, 3.8) is 0 Å². The fourth-order valence-corrected chi connectivity index (χ4v) is 1.53. The van der Waals surface area contributed by atoms with Gasteiger partial charge in [-0.05, 0) is 46.8 Å². The van der Waals surface area contributed by atoms with E-state index < -0.39 is 5.97 Å². The van der Waals surface area contributed by atoms with E-state index in [1.54, 1.807) is 6.92 Å². The predicted molar refractivity (Wildman–Crippen MR) is 75.2 cm³/mol. The van der Waals surface area contributed by atoms with Gasteiger partial charge in [0.05, 0.1) is 5.92 Å². The average Bonchev–Trinajstić information content (AvgIpc) is 2.31. The maximum absolute atomic E-state index is 11.5. The molecule has 112 valence electrons. The molecule has 0 rings (SSSR count). The van der Waals surface area contributed by atoms with Gasteiger partial charge in [-0.1, -0.05) is 6.92 Å². The van der Waals surface area contributed by atoms with Crippen molar-refractivity contribution < 1.29 is 14.7 Å². The Labute approximate surface area is 115 Å². The van der Waals surface area contributed by atoms with Crippen LogP contribution >= 0.6 is 0 Å². The molecule has 2 amide bonds. The van der Waals surface area contributed by atoms with E-state index in [2.05, 4.69) is 15.5 Å². The number of carbonyl (C=O) groups excluding carboxylic acids is 1. The lowest BCUT2D eigenvalue weighted by Crippen LogP contribution is -2.42. The Balaban J connectivity index is 3.61. The summed E-state index contributed by atoms with van der Waals surface area (Å²) in [6.07, 6.45) is 2.15. The van der Waals surface area contributed by atoms with Crippen LogP contribution in [0.3, 0.4) is 0 Å². The van der Waals surface area contributed by atoms with Crippen LogP contribution < -0.4 is 10.6 Å². The summed E-state index contributed by atoms with van der Waals surface area (Å²) in [6, 6.07) is -0.0606. The summed E-state index contributed by atoms with van der Waals surface area (Å²) >= 11 is 0. The summed E-state index contributed by atoms with van der Waals surface area (Å²) in [5.41, 5.74) is 0. The molecule has 2 atom stereocenters. The predicted octanol–water partition coefficient (Wildman–Crippen LogP) is 1.13. The Morgan fingerprint density at radius 3 is 2.37 bits per heavy atom. The molecule has 0 radical (unpaired) electrons. The number of urea groups is 1. The first-order chi connectivity index (χ1) is 8.82. The number of hydrogen-bond acceptors (Lipinski definition) is 3. The summed E-state index contributed by atoms with van der Waals surface area (Å²) in [7, 11) is 3.99. The van der Waals surface area contributed by atoms with E-state index in [1.165, 1.54) is 0 Å². The Bertz CT molecular complexity index is 282. The molecule has 0 aromatic carbocycles. The molecule has 0 aromatic rings. The zero-order valence-electron chi connectivity index (χ0n) is 12.4. The summed E-state index contributed by atoms with van der Waals surface area (Å²) in [5, 5.41) is 14.3. The van der Waals surface area contributed by atoms with Crippen LogP contribution in [0, 0.1) is 5.92 Å². The highest BCUT2D eigenvalue weighted by molar-refractivity contribution is 5.74. The number of carboxylic acid groups (broad SMARTS) is 1. The van der Waals surface area contributed by atoms with Crippen LogP contribution in [0.25, 0.3) is 0 Å². The minimum atomic E-state index is -0.790. The van der Waals surface area contributed by atoms with Crippen LogP contribution in [-0.4, -0.2) is 55.2 Å². The molecule has 0 saturated heterocycles. The largest absolute Gasteiger partial charge is 0.481 e. The molecule has 0 heterocycles. The molecule has 0 saturated carbocycles. The Hall–Kier alpha value is -1.30. The Morgan fingerprint density at radius 2 is 1.84 bits per heavy atom. The van der Waals surface area contributed by atoms with Crippen LogP contribution in [-0.2, 0) is 4.79 Å². The number of hydrogen-bond donors (Lipinski definition) is 3. The fraction of sp³-hybridized carbons (Fsp3) is 0.846. The van der Waals surface area contributed by atoms with Gasteiger partial charge in [0.15, 0.2) is 0 Å². The quantitative estimate of drug-likeness (QED) is 0.550. The van der Waals surface area contributed by atoms with Crippen molar-refractivity contribution in [3.8, 4) is 0 Å². The lowest BCUT2D eigenvalue weighted by molar-refractivity contribution is -0.141. The lowest BCUT2D eigenvalue weighted by atomic mass is 10.1. The third-order valence-corrected chi connectivity index (χ3v) is 2.91. The molecule has 0 aromatic heterocycles. The summed E-state index contributed by atoms with van der Waals surface area (Å²) < 4.78 is 0. The zero-order valence-corrected chi connectivity index (χ0v) is 12.4. The topological polar surface area (TPSA) is 81.7 Å². The number of rotatable bonds is 9. The smallest absolute Gasteiger partial charge is 0.314 e. The second-order valence-corrected chi connectivity index (χ2v) is 5.27.